The average molecular weight is 414 g/mol. The van der Waals surface area contributed by atoms with Crippen molar-refractivity contribution in [3.05, 3.63) is 34.9 Å². The van der Waals surface area contributed by atoms with Gasteiger partial charge in [-0.15, -0.1) is 0 Å². The van der Waals surface area contributed by atoms with Gasteiger partial charge in [-0.1, -0.05) is 13.8 Å². The van der Waals surface area contributed by atoms with Crippen molar-refractivity contribution < 1.29 is 37.4 Å². The van der Waals surface area contributed by atoms with Crippen molar-refractivity contribution in [2.24, 2.45) is 23.7 Å². The Kier molecular flexibility index (Phi) is 6.83. The van der Waals surface area contributed by atoms with Crippen LogP contribution in [0, 0.1) is 43.6 Å². The largest absolute Gasteiger partial charge is 0.381 e. The minimum atomic E-state index is 0. The molecule has 0 aliphatic heterocycles. The van der Waals surface area contributed by atoms with Gasteiger partial charge in [-0.2, -0.15) is 34.9 Å². The van der Waals surface area contributed by atoms with Gasteiger partial charge < -0.3 is 4.74 Å². The third kappa shape index (κ3) is 4.25. The van der Waals surface area contributed by atoms with Crippen molar-refractivity contribution >= 4 is 0 Å². The van der Waals surface area contributed by atoms with Gasteiger partial charge >= 0.3 is 0 Å². The second-order valence-corrected chi connectivity index (χ2v) is 8.89. The van der Waals surface area contributed by atoms with Gasteiger partial charge in [-0.05, 0) is 81.0 Å². The van der Waals surface area contributed by atoms with E-state index >= 15 is 0 Å². The van der Waals surface area contributed by atoms with Crippen LogP contribution >= 0.6 is 0 Å². The first-order valence-corrected chi connectivity index (χ1v) is 10.2. The Morgan fingerprint density at radius 1 is 0.840 bits per heavy atom. The number of fused-ring (bicyclic) bond motifs is 3. The third-order valence-electron chi connectivity index (χ3n) is 7.46. The summed E-state index contributed by atoms with van der Waals surface area (Å²) in [4.78, 5) is 0. The summed E-state index contributed by atoms with van der Waals surface area (Å²) in [5.41, 5.74) is 4.22. The molecule has 6 unspecified atom stereocenters. The summed E-state index contributed by atoms with van der Waals surface area (Å²) in [5.74, 6) is 4.75. The van der Waals surface area contributed by atoms with Crippen molar-refractivity contribution in [1.29, 1.82) is 0 Å². The molecule has 0 heterocycles. The Bertz CT molecular complexity index is 563. The fourth-order valence-corrected chi connectivity index (χ4v) is 6.43. The van der Waals surface area contributed by atoms with Crippen LogP contribution in [0.4, 0.5) is 0 Å². The molecular formula is C23H33OY-. The maximum Gasteiger partial charge on any atom is 0.0574 e. The number of benzene rings is 1. The first-order valence-electron chi connectivity index (χ1n) is 10.2. The maximum absolute atomic E-state index is 5.67. The summed E-state index contributed by atoms with van der Waals surface area (Å²) in [7, 11) is 1.91. The maximum atomic E-state index is 5.67. The van der Waals surface area contributed by atoms with Crippen LogP contribution in [0.25, 0.3) is 0 Å². The molecule has 1 nitrogen and oxygen atoms in total. The summed E-state index contributed by atoms with van der Waals surface area (Å²) in [5, 5.41) is 0. The quantitative estimate of drug-likeness (QED) is 0.554. The van der Waals surface area contributed by atoms with Gasteiger partial charge in [0.25, 0.3) is 0 Å². The first kappa shape index (κ1) is 20.0. The second kappa shape index (κ2) is 8.53. The average Bonchev–Trinajstić information content (AvgIpc) is 2.59. The molecule has 0 N–H and O–H groups in total. The van der Waals surface area contributed by atoms with Crippen LogP contribution < -0.4 is 0 Å². The number of methoxy groups -OCH3 is 1. The SMILES string of the molecule is COC1CCC2C(CCC3CC(c4cc(C)[c-]c(C)c4)CCC32)C1.[Y]. The fraction of sp³-hybridized carbons (Fsp3) is 0.739. The smallest absolute Gasteiger partial charge is 0.0574 e. The van der Waals surface area contributed by atoms with E-state index in [1.54, 1.807) is 5.56 Å². The van der Waals surface area contributed by atoms with Crippen LogP contribution in [0.5, 0.6) is 0 Å². The van der Waals surface area contributed by atoms with Crippen LogP contribution in [-0.2, 0) is 37.4 Å². The van der Waals surface area contributed by atoms with Crippen molar-refractivity contribution in [2.45, 2.75) is 77.2 Å². The minimum Gasteiger partial charge on any atom is -0.381 e. The van der Waals surface area contributed by atoms with E-state index in [9.17, 15) is 0 Å². The summed E-state index contributed by atoms with van der Waals surface area (Å²) in [6, 6.07) is 8.23. The Morgan fingerprint density at radius 2 is 1.44 bits per heavy atom. The summed E-state index contributed by atoms with van der Waals surface area (Å²) in [6.07, 6.45) is 11.8. The summed E-state index contributed by atoms with van der Waals surface area (Å²) in [6.45, 7) is 4.39. The van der Waals surface area contributed by atoms with E-state index in [1.807, 2.05) is 7.11 Å². The van der Waals surface area contributed by atoms with Crippen LogP contribution in [0.3, 0.4) is 0 Å². The molecule has 0 aromatic heterocycles. The molecule has 0 bridgehead atoms. The van der Waals surface area contributed by atoms with Gasteiger partial charge in [0.1, 0.15) is 0 Å². The Hall–Kier alpha value is 0.284. The topological polar surface area (TPSA) is 9.23 Å². The molecule has 6 atom stereocenters. The number of hydrogen-bond acceptors (Lipinski definition) is 1. The van der Waals surface area contributed by atoms with Gasteiger partial charge in [0, 0.05) is 39.8 Å². The van der Waals surface area contributed by atoms with E-state index in [1.165, 1.54) is 62.5 Å². The molecule has 0 spiro atoms. The van der Waals surface area contributed by atoms with Gasteiger partial charge in [-0.3, -0.25) is 0 Å². The van der Waals surface area contributed by atoms with Crippen LogP contribution in [0.2, 0.25) is 0 Å². The third-order valence-corrected chi connectivity index (χ3v) is 7.46. The number of aryl methyl sites for hydroxylation is 2. The Balaban J connectivity index is 0.00000182. The van der Waals surface area contributed by atoms with Gasteiger partial charge in [0.2, 0.25) is 0 Å². The van der Waals surface area contributed by atoms with Gasteiger partial charge in [0.15, 0.2) is 0 Å². The molecular weight excluding hydrogens is 381 g/mol. The molecule has 25 heavy (non-hydrogen) atoms. The van der Waals surface area contributed by atoms with Crippen LogP contribution in [0.15, 0.2) is 12.1 Å². The first-order chi connectivity index (χ1) is 11.6. The van der Waals surface area contributed by atoms with Crippen LogP contribution in [-0.4, -0.2) is 13.2 Å². The molecule has 1 aromatic carbocycles. The molecule has 3 aliphatic carbocycles. The minimum absolute atomic E-state index is 0. The number of ether oxygens (including phenoxy) is 1. The zero-order valence-corrected chi connectivity index (χ0v) is 19.1. The Labute approximate surface area is 179 Å². The number of rotatable bonds is 2. The molecule has 1 radical (unpaired) electrons. The standard InChI is InChI=1S/C23H33O.Y/c1-15-10-16(2)12-20(11-15)17-6-8-22-18(13-17)4-5-19-14-21(24-3)7-9-23(19)22;/h11-12,17-19,21-23H,4-9,13-14H2,1-3H3;/q-1;. The molecule has 4 rings (SSSR count). The second-order valence-electron chi connectivity index (χ2n) is 8.89. The molecule has 1 aromatic rings. The monoisotopic (exact) mass is 414 g/mol. The molecule has 135 valence electrons. The summed E-state index contributed by atoms with van der Waals surface area (Å²) >= 11 is 0. The van der Waals surface area contributed by atoms with E-state index in [4.69, 9.17) is 4.74 Å². The van der Waals surface area contributed by atoms with E-state index in [2.05, 4.69) is 32.0 Å². The van der Waals surface area contributed by atoms with Crippen molar-refractivity contribution in [3.8, 4) is 0 Å². The number of hydrogen-bond donors (Lipinski definition) is 0. The molecule has 3 fully saturated rings. The zero-order chi connectivity index (χ0) is 16.7. The van der Waals surface area contributed by atoms with E-state index in [0.717, 1.165) is 29.6 Å². The van der Waals surface area contributed by atoms with E-state index in [0.29, 0.717) is 6.10 Å². The predicted molar refractivity (Wildman–Crippen MR) is 99.2 cm³/mol. The predicted octanol–water partition coefficient (Wildman–Crippen LogP) is 5.83. The van der Waals surface area contributed by atoms with E-state index < -0.39 is 0 Å². The van der Waals surface area contributed by atoms with Crippen molar-refractivity contribution in [3.63, 3.8) is 0 Å². The van der Waals surface area contributed by atoms with Crippen molar-refractivity contribution in [2.75, 3.05) is 7.11 Å². The molecule has 3 saturated carbocycles. The summed E-state index contributed by atoms with van der Waals surface area (Å²) < 4.78 is 5.67. The Morgan fingerprint density at radius 3 is 2.08 bits per heavy atom. The van der Waals surface area contributed by atoms with Crippen LogP contribution in [0.1, 0.15) is 74.0 Å². The molecule has 2 heteroatoms. The van der Waals surface area contributed by atoms with Gasteiger partial charge in [0.05, 0.1) is 6.10 Å². The fourth-order valence-electron chi connectivity index (χ4n) is 6.43. The molecule has 0 saturated heterocycles. The van der Waals surface area contributed by atoms with Gasteiger partial charge in [-0.25, -0.2) is 0 Å². The van der Waals surface area contributed by atoms with Crippen molar-refractivity contribution in [1.82, 2.24) is 0 Å². The normalized spacial score (nSPS) is 37.6. The molecule has 3 aliphatic rings. The zero-order valence-electron chi connectivity index (χ0n) is 16.3. The van der Waals surface area contributed by atoms with E-state index in [-0.39, 0.29) is 32.7 Å². The molecule has 0 amide bonds.